The van der Waals surface area contributed by atoms with Crippen LogP contribution in [0.1, 0.15) is 73.5 Å². The van der Waals surface area contributed by atoms with Crippen LogP contribution in [0, 0.1) is 11.7 Å². The molecule has 5 rings (SSSR count). The highest BCUT2D eigenvalue weighted by Gasteiger charge is 2.39. The number of anilines is 1. The Morgan fingerprint density at radius 3 is 2.95 bits per heavy atom. The first-order chi connectivity index (χ1) is 19.7. The number of carbonyl (C=O) groups is 1. The molecule has 2 N–H and O–H groups in total. The average Bonchev–Trinajstić information content (AvgIpc) is 3.29. The minimum Gasteiger partial charge on any atom is -0.480 e. The number of aryl methyl sites for hydroxylation is 2. The molecule has 0 saturated carbocycles. The van der Waals surface area contributed by atoms with E-state index in [0.717, 1.165) is 67.7 Å². The Bertz CT molecular complexity index is 1220. The van der Waals surface area contributed by atoms with E-state index in [9.17, 15) is 14.3 Å². The first kappa shape index (κ1) is 29.9. The van der Waals surface area contributed by atoms with Gasteiger partial charge in [0.25, 0.3) is 0 Å². The van der Waals surface area contributed by atoms with Gasteiger partial charge in [-0.3, -0.25) is 9.69 Å². The number of fused-ring (bicyclic) bond motifs is 2. The van der Waals surface area contributed by atoms with Crippen molar-refractivity contribution >= 4 is 11.8 Å². The fourth-order valence-electron chi connectivity index (χ4n) is 6.34. The number of likely N-dealkylation sites (tertiary alicyclic amines) is 1. The number of nitrogens with zero attached hydrogens (tertiary/aromatic N) is 2. The molecule has 9 heteroatoms. The Kier molecular flexibility index (Phi) is 9.59. The number of hydrogen-bond donors (Lipinski definition) is 2. The number of carboxylic acids is 1. The second-order valence-corrected chi connectivity index (χ2v) is 12.2. The monoisotopic (exact) mass is 569 g/mol. The molecule has 0 radical (unpaired) electrons. The molecule has 2 aromatic rings. The van der Waals surface area contributed by atoms with Crippen molar-refractivity contribution in [3.8, 4) is 0 Å². The van der Waals surface area contributed by atoms with Gasteiger partial charge < -0.3 is 24.6 Å². The topological polar surface area (TPSA) is 93.2 Å². The Morgan fingerprint density at radius 1 is 1.29 bits per heavy atom. The van der Waals surface area contributed by atoms with Crippen molar-refractivity contribution in [1.82, 2.24) is 9.88 Å². The minimum absolute atomic E-state index is 0.00911. The van der Waals surface area contributed by atoms with Crippen LogP contribution in [0.3, 0.4) is 0 Å². The number of halogens is 1. The van der Waals surface area contributed by atoms with Gasteiger partial charge in [-0.2, -0.15) is 0 Å². The van der Waals surface area contributed by atoms with Crippen LogP contribution < -0.4 is 5.32 Å². The standard InChI is InChI=1S/C32H44FN3O5/c1-32(2,39-3)23-16-27-22(19-40-20-23)15-24(33)17-28(27)29(31(37)38)36-13-11-26(18-36)41-14-5-4-8-25-10-9-21-7-6-12-34-30(21)35-25/h9-10,15,17,23,26,29H,4-8,11-14,16,18-20H2,1-3H3,(H,34,35)(H,37,38)/t23-,26+,29-/m0/s1. The third kappa shape index (κ3) is 7.08. The summed E-state index contributed by atoms with van der Waals surface area (Å²) in [4.78, 5) is 19.4. The highest BCUT2D eigenvalue weighted by molar-refractivity contribution is 5.76. The van der Waals surface area contributed by atoms with Crippen molar-refractivity contribution < 1.29 is 28.5 Å². The van der Waals surface area contributed by atoms with E-state index in [4.69, 9.17) is 19.2 Å². The molecule has 0 amide bonds. The van der Waals surface area contributed by atoms with Gasteiger partial charge in [-0.15, -0.1) is 0 Å². The lowest BCUT2D eigenvalue weighted by atomic mass is 9.82. The smallest absolute Gasteiger partial charge is 0.325 e. The Hall–Kier alpha value is -2.59. The summed E-state index contributed by atoms with van der Waals surface area (Å²) >= 11 is 0. The highest BCUT2D eigenvalue weighted by Crippen LogP contribution is 2.37. The van der Waals surface area contributed by atoms with Gasteiger partial charge in [-0.25, -0.2) is 9.37 Å². The zero-order valence-electron chi connectivity index (χ0n) is 24.6. The van der Waals surface area contributed by atoms with E-state index >= 15 is 0 Å². The number of nitrogens with one attached hydrogen (secondary N) is 1. The van der Waals surface area contributed by atoms with E-state index in [1.165, 1.54) is 17.7 Å². The molecule has 41 heavy (non-hydrogen) atoms. The second-order valence-electron chi connectivity index (χ2n) is 12.2. The van der Waals surface area contributed by atoms with Crippen LogP contribution in [-0.2, 0) is 44.9 Å². The van der Waals surface area contributed by atoms with Crippen molar-refractivity contribution in [2.75, 3.05) is 45.3 Å². The quantitative estimate of drug-likeness (QED) is 0.368. The predicted molar refractivity (Wildman–Crippen MR) is 155 cm³/mol. The largest absolute Gasteiger partial charge is 0.480 e. The summed E-state index contributed by atoms with van der Waals surface area (Å²) in [6.07, 6.45) is 6.33. The number of carboxylic acid groups (broad SMARTS) is 1. The van der Waals surface area contributed by atoms with Crippen molar-refractivity contribution in [3.05, 3.63) is 58.0 Å². The first-order valence-corrected chi connectivity index (χ1v) is 15.0. The van der Waals surface area contributed by atoms with E-state index in [-0.39, 0.29) is 18.6 Å². The number of aromatic nitrogens is 1. The molecular weight excluding hydrogens is 525 g/mol. The summed E-state index contributed by atoms with van der Waals surface area (Å²) in [5, 5.41) is 13.8. The van der Waals surface area contributed by atoms with Gasteiger partial charge >= 0.3 is 5.97 Å². The van der Waals surface area contributed by atoms with Crippen molar-refractivity contribution in [3.63, 3.8) is 0 Å². The molecule has 8 nitrogen and oxygen atoms in total. The molecule has 1 saturated heterocycles. The van der Waals surface area contributed by atoms with E-state index in [0.29, 0.717) is 38.3 Å². The first-order valence-electron chi connectivity index (χ1n) is 15.0. The van der Waals surface area contributed by atoms with Gasteiger partial charge in [-0.05, 0) is 99.2 Å². The lowest BCUT2D eigenvalue weighted by Crippen LogP contribution is -2.38. The molecule has 0 bridgehead atoms. The maximum absolute atomic E-state index is 14.8. The number of ether oxygens (including phenoxy) is 3. The summed E-state index contributed by atoms with van der Waals surface area (Å²) in [6.45, 7) is 7.44. The number of pyridine rings is 1. The summed E-state index contributed by atoms with van der Waals surface area (Å²) in [5.41, 5.74) is 4.03. The summed E-state index contributed by atoms with van der Waals surface area (Å²) in [6, 6.07) is 6.26. The zero-order valence-corrected chi connectivity index (χ0v) is 24.6. The number of rotatable bonds is 11. The van der Waals surface area contributed by atoms with Crippen LogP contribution >= 0.6 is 0 Å². The zero-order chi connectivity index (χ0) is 29.0. The number of unbranched alkanes of at least 4 members (excludes halogenated alkanes) is 1. The highest BCUT2D eigenvalue weighted by atomic mass is 19.1. The van der Waals surface area contributed by atoms with Crippen molar-refractivity contribution in [2.24, 2.45) is 5.92 Å². The van der Waals surface area contributed by atoms with Gasteiger partial charge in [0.15, 0.2) is 0 Å². The Labute approximate surface area is 242 Å². The lowest BCUT2D eigenvalue weighted by Gasteiger charge is -2.33. The molecule has 4 heterocycles. The van der Waals surface area contributed by atoms with E-state index in [1.54, 1.807) is 7.11 Å². The van der Waals surface area contributed by atoms with Gasteiger partial charge in [0.1, 0.15) is 17.7 Å². The molecule has 1 aromatic carbocycles. The third-order valence-corrected chi connectivity index (χ3v) is 9.08. The van der Waals surface area contributed by atoms with Crippen LogP contribution in [-0.4, -0.2) is 72.6 Å². The fourth-order valence-corrected chi connectivity index (χ4v) is 6.34. The van der Waals surface area contributed by atoms with E-state index in [1.807, 2.05) is 18.7 Å². The van der Waals surface area contributed by atoms with Crippen molar-refractivity contribution in [2.45, 2.75) is 83.1 Å². The van der Waals surface area contributed by atoms with Gasteiger partial charge in [0.05, 0.1) is 24.9 Å². The van der Waals surface area contributed by atoms with Crippen molar-refractivity contribution in [1.29, 1.82) is 0 Å². The molecular formula is C32H44FN3O5. The van der Waals surface area contributed by atoms with Crippen LogP contribution in [0.2, 0.25) is 0 Å². The number of aliphatic carboxylic acids is 1. The molecule has 3 aliphatic rings. The molecule has 0 aliphatic carbocycles. The molecule has 224 valence electrons. The number of benzene rings is 1. The van der Waals surface area contributed by atoms with Crippen LogP contribution in [0.4, 0.5) is 10.2 Å². The fraction of sp³-hybridized carbons (Fsp3) is 0.625. The molecule has 0 unspecified atom stereocenters. The third-order valence-electron chi connectivity index (χ3n) is 9.08. The summed E-state index contributed by atoms with van der Waals surface area (Å²) < 4.78 is 32.6. The molecule has 1 aromatic heterocycles. The predicted octanol–water partition coefficient (Wildman–Crippen LogP) is 4.93. The summed E-state index contributed by atoms with van der Waals surface area (Å²) in [7, 11) is 1.67. The summed E-state index contributed by atoms with van der Waals surface area (Å²) in [5.74, 6) is -0.369. The number of methoxy groups -OCH3 is 1. The molecule has 3 atom stereocenters. The second kappa shape index (κ2) is 13.2. The van der Waals surface area contributed by atoms with Gasteiger partial charge in [0.2, 0.25) is 0 Å². The minimum atomic E-state index is -0.974. The van der Waals surface area contributed by atoms with Gasteiger partial charge in [0, 0.05) is 45.0 Å². The molecule has 3 aliphatic heterocycles. The van der Waals surface area contributed by atoms with Crippen LogP contribution in [0.25, 0.3) is 0 Å². The van der Waals surface area contributed by atoms with E-state index in [2.05, 4.69) is 17.4 Å². The lowest BCUT2D eigenvalue weighted by molar-refractivity contribution is -0.143. The normalized spacial score (nSPS) is 22.0. The maximum Gasteiger partial charge on any atom is 0.325 e. The van der Waals surface area contributed by atoms with Crippen LogP contribution in [0.5, 0.6) is 0 Å². The SMILES string of the molecule is COC(C)(C)[C@@H]1COCc2cc(F)cc([C@@H](C(=O)O)N3CC[C@@H](OCCCCc4ccc5c(n4)NCCC5)C3)c2C1. The molecule has 0 spiro atoms. The van der Waals surface area contributed by atoms with E-state index < -0.39 is 23.4 Å². The Balaban J connectivity index is 1.19. The van der Waals surface area contributed by atoms with Gasteiger partial charge in [-0.1, -0.05) is 6.07 Å². The number of hydrogen-bond acceptors (Lipinski definition) is 7. The molecule has 1 fully saturated rings. The van der Waals surface area contributed by atoms with Crippen LogP contribution in [0.15, 0.2) is 24.3 Å². The average molecular weight is 570 g/mol. The maximum atomic E-state index is 14.8. The Morgan fingerprint density at radius 2 is 2.15 bits per heavy atom.